The minimum Gasteiger partial charge on any atom is -0.445 e. The van der Waals surface area contributed by atoms with Crippen molar-refractivity contribution in [1.82, 2.24) is 4.90 Å². The normalized spacial score (nSPS) is 16.3. The molecule has 0 N–H and O–H groups in total. The summed E-state index contributed by atoms with van der Waals surface area (Å²) >= 11 is 6.05. The minimum atomic E-state index is -1.08. The Labute approximate surface area is 161 Å². The SMILES string of the molecule is CS(=O)c1cc(Cl)ccc1C1CCN(C(=O)OCc2ccccc2)CC1. The van der Waals surface area contributed by atoms with Crippen molar-refractivity contribution in [2.75, 3.05) is 19.3 Å². The quantitative estimate of drug-likeness (QED) is 0.765. The number of likely N-dealkylation sites (tertiary alicyclic amines) is 1. The summed E-state index contributed by atoms with van der Waals surface area (Å²) in [5, 5.41) is 0.598. The molecule has 0 saturated carbocycles. The molecule has 1 saturated heterocycles. The lowest BCUT2D eigenvalue weighted by Crippen LogP contribution is -2.38. The summed E-state index contributed by atoms with van der Waals surface area (Å²) < 4.78 is 17.4. The number of halogens is 1. The Bertz CT molecular complexity index is 789. The average molecular weight is 392 g/mol. The van der Waals surface area contributed by atoms with Crippen LogP contribution in [0.15, 0.2) is 53.4 Å². The molecule has 1 unspecified atom stereocenters. The maximum atomic E-state index is 12.3. The topological polar surface area (TPSA) is 46.6 Å². The lowest BCUT2D eigenvalue weighted by Gasteiger charge is -2.32. The lowest BCUT2D eigenvalue weighted by atomic mass is 9.89. The molecule has 0 aliphatic carbocycles. The summed E-state index contributed by atoms with van der Waals surface area (Å²) in [5.74, 6) is 0.282. The van der Waals surface area contributed by atoms with Gasteiger partial charge < -0.3 is 9.64 Å². The molecule has 0 aromatic heterocycles. The second-order valence-electron chi connectivity index (χ2n) is 6.44. The van der Waals surface area contributed by atoms with E-state index in [4.69, 9.17) is 16.3 Å². The molecule has 0 bridgehead atoms. The molecule has 0 spiro atoms. The molecule has 2 aromatic carbocycles. The highest BCUT2D eigenvalue weighted by atomic mass is 35.5. The first-order valence-electron chi connectivity index (χ1n) is 8.63. The maximum absolute atomic E-state index is 12.3. The van der Waals surface area contributed by atoms with Gasteiger partial charge in [-0.25, -0.2) is 4.79 Å². The molecule has 4 nitrogen and oxygen atoms in total. The molecule has 2 aromatic rings. The number of carbonyl (C=O) groups is 1. The van der Waals surface area contributed by atoms with E-state index in [9.17, 15) is 9.00 Å². The molecular formula is C20H22ClNO3S. The van der Waals surface area contributed by atoms with Gasteiger partial charge in [0.1, 0.15) is 6.61 Å². The predicted octanol–water partition coefficient (Wildman–Crippen LogP) is 4.59. The number of rotatable bonds is 4. The van der Waals surface area contributed by atoms with Crippen molar-refractivity contribution >= 4 is 28.5 Å². The Morgan fingerprint density at radius 2 is 1.88 bits per heavy atom. The molecule has 1 atom stereocenters. The Kier molecular flexibility index (Phi) is 6.33. The van der Waals surface area contributed by atoms with Crippen molar-refractivity contribution in [3.63, 3.8) is 0 Å². The van der Waals surface area contributed by atoms with Crippen LogP contribution in [0, 0.1) is 0 Å². The van der Waals surface area contributed by atoms with Crippen molar-refractivity contribution in [2.24, 2.45) is 0 Å². The van der Waals surface area contributed by atoms with E-state index >= 15 is 0 Å². The summed E-state index contributed by atoms with van der Waals surface area (Å²) in [4.78, 5) is 14.8. The molecule has 1 aliphatic heterocycles. The number of benzene rings is 2. The number of hydrogen-bond acceptors (Lipinski definition) is 3. The van der Waals surface area contributed by atoms with Crippen LogP contribution in [0.25, 0.3) is 0 Å². The van der Waals surface area contributed by atoms with Gasteiger partial charge in [-0.1, -0.05) is 48.0 Å². The van der Waals surface area contributed by atoms with Gasteiger partial charge in [-0.3, -0.25) is 4.21 Å². The number of piperidine rings is 1. The van der Waals surface area contributed by atoms with Gasteiger partial charge in [0.25, 0.3) is 0 Å². The van der Waals surface area contributed by atoms with Crippen LogP contribution in [-0.4, -0.2) is 34.5 Å². The lowest BCUT2D eigenvalue weighted by molar-refractivity contribution is 0.0869. The van der Waals surface area contributed by atoms with E-state index < -0.39 is 10.8 Å². The number of amides is 1. The van der Waals surface area contributed by atoms with Crippen molar-refractivity contribution in [2.45, 2.75) is 30.3 Å². The summed E-state index contributed by atoms with van der Waals surface area (Å²) in [7, 11) is -1.08. The Balaban J connectivity index is 1.57. The third-order valence-electron chi connectivity index (χ3n) is 4.68. The number of hydrogen-bond donors (Lipinski definition) is 0. The monoisotopic (exact) mass is 391 g/mol. The molecule has 6 heteroatoms. The van der Waals surface area contributed by atoms with Gasteiger partial charge in [0.15, 0.2) is 0 Å². The summed E-state index contributed by atoms with van der Waals surface area (Å²) in [5.41, 5.74) is 2.06. The molecule has 1 aliphatic rings. The van der Waals surface area contributed by atoms with Crippen molar-refractivity contribution in [1.29, 1.82) is 0 Å². The largest absolute Gasteiger partial charge is 0.445 e. The zero-order valence-electron chi connectivity index (χ0n) is 14.7. The standard InChI is InChI=1S/C20H22ClNO3S/c1-26(24)19-13-17(21)7-8-18(19)16-9-11-22(12-10-16)20(23)25-14-15-5-3-2-4-6-15/h2-8,13,16H,9-12,14H2,1H3. The first-order valence-corrected chi connectivity index (χ1v) is 10.6. The highest BCUT2D eigenvalue weighted by Crippen LogP contribution is 2.33. The van der Waals surface area contributed by atoms with Crippen molar-refractivity contribution in [3.05, 3.63) is 64.7 Å². The first kappa shape index (κ1) is 18.9. The number of nitrogens with zero attached hydrogens (tertiary/aromatic N) is 1. The smallest absolute Gasteiger partial charge is 0.410 e. The van der Waals surface area contributed by atoms with Gasteiger partial charge in [-0.15, -0.1) is 0 Å². The molecule has 3 rings (SSSR count). The molecule has 1 fully saturated rings. The minimum absolute atomic E-state index is 0.275. The summed E-state index contributed by atoms with van der Waals surface area (Å²) in [6.07, 6.45) is 3.05. The van der Waals surface area contributed by atoms with Crippen LogP contribution < -0.4 is 0 Å². The fourth-order valence-electron chi connectivity index (χ4n) is 3.28. The summed E-state index contributed by atoms with van der Waals surface area (Å²) in [6.45, 7) is 1.56. The highest BCUT2D eigenvalue weighted by Gasteiger charge is 2.26. The molecule has 0 radical (unpaired) electrons. The predicted molar refractivity (Wildman–Crippen MR) is 104 cm³/mol. The van der Waals surface area contributed by atoms with Crippen LogP contribution in [0.5, 0.6) is 0 Å². The van der Waals surface area contributed by atoms with Crippen molar-refractivity contribution in [3.8, 4) is 0 Å². The van der Waals surface area contributed by atoms with Gasteiger partial charge in [0.05, 0.1) is 10.8 Å². The van der Waals surface area contributed by atoms with E-state index in [-0.39, 0.29) is 18.6 Å². The van der Waals surface area contributed by atoms with Crippen LogP contribution in [0.3, 0.4) is 0 Å². The van der Waals surface area contributed by atoms with Crippen LogP contribution in [0.4, 0.5) is 4.79 Å². The van der Waals surface area contributed by atoms with Gasteiger partial charge in [-0.05, 0) is 42.0 Å². The Hall–Kier alpha value is -1.85. The highest BCUT2D eigenvalue weighted by molar-refractivity contribution is 7.84. The zero-order valence-corrected chi connectivity index (χ0v) is 16.3. The Morgan fingerprint density at radius 1 is 1.19 bits per heavy atom. The molecular weight excluding hydrogens is 370 g/mol. The molecule has 26 heavy (non-hydrogen) atoms. The van der Waals surface area contributed by atoms with Crippen LogP contribution in [-0.2, 0) is 22.1 Å². The number of carbonyl (C=O) groups excluding carboxylic acids is 1. The van der Waals surface area contributed by atoms with Gasteiger partial charge in [-0.2, -0.15) is 0 Å². The second-order valence-corrected chi connectivity index (χ2v) is 8.22. The zero-order chi connectivity index (χ0) is 18.5. The van der Waals surface area contributed by atoms with Crippen LogP contribution in [0.1, 0.15) is 29.9 Å². The van der Waals surface area contributed by atoms with E-state index in [1.165, 1.54) is 0 Å². The van der Waals surface area contributed by atoms with E-state index in [1.807, 2.05) is 42.5 Å². The number of ether oxygens (including phenoxy) is 1. The summed E-state index contributed by atoms with van der Waals surface area (Å²) in [6, 6.07) is 15.3. The average Bonchev–Trinajstić information content (AvgIpc) is 2.67. The maximum Gasteiger partial charge on any atom is 0.410 e. The second kappa shape index (κ2) is 8.69. The van der Waals surface area contributed by atoms with E-state index in [1.54, 1.807) is 17.2 Å². The Morgan fingerprint density at radius 3 is 2.54 bits per heavy atom. The first-order chi connectivity index (χ1) is 12.5. The third kappa shape index (κ3) is 4.65. The fraction of sp³-hybridized carbons (Fsp3) is 0.350. The molecule has 1 amide bonds. The van der Waals surface area contributed by atoms with Gasteiger partial charge in [0, 0.05) is 29.3 Å². The van der Waals surface area contributed by atoms with Crippen LogP contribution in [0.2, 0.25) is 5.02 Å². The van der Waals surface area contributed by atoms with E-state index in [2.05, 4.69) is 0 Å². The fourth-order valence-corrected chi connectivity index (χ4v) is 4.37. The van der Waals surface area contributed by atoms with Crippen LogP contribution >= 0.6 is 11.6 Å². The van der Waals surface area contributed by atoms with Crippen molar-refractivity contribution < 1.29 is 13.7 Å². The van der Waals surface area contributed by atoms with E-state index in [0.29, 0.717) is 18.1 Å². The molecule has 138 valence electrons. The molecule has 1 heterocycles. The van der Waals surface area contributed by atoms with Gasteiger partial charge >= 0.3 is 6.09 Å². The third-order valence-corrected chi connectivity index (χ3v) is 5.89. The van der Waals surface area contributed by atoms with Gasteiger partial charge in [0.2, 0.25) is 0 Å². The van der Waals surface area contributed by atoms with E-state index in [0.717, 1.165) is 28.9 Å².